The van der Waals surface area contributed by atoms with Crippen LogP contribution in [0.25, 0.3) is 11.0 Å². The van der Waals surface area contributed by atoms with Gasteiger partial charge in [-0.3, -0.25) is 9.48 Å². The van der Waals surface area contributed by atoms with Crippen molar-refractivity contribution in [3.05, 3.63) is 41.0 Å². The molecule has 0 spiro atoms. The molecule has 0 radical (unpaired) electrons. The van der Waals surface area contributed by atoms with E-state index in [9.17, 15) is 4.79 Å². The van der Waals surface area contributed by atoms with Crippen LogP contribution in [0.2, 0.25) is 0 Å². The first-order valence-corrected chi connectivity index (χ1v) is 9.47. The van der Waals surface area contributed by atoms with Crippen molar-refractivity contribution in [1.29, 1.82) is 0 Å². The predicted octanol–water partition coefficient (Wildman–Crippen LogP) is 3.48. The van der Waals surface area contributed by atoms with E-state index >= 15 is 0 Å². The number of hydrogen-bond donors (Lipinski definition) is 1. The Bertz CT molecular complexity index is 982. The van der Waals surface area contributed by atoms with Gasteiger partial charge in [-0.1, -0.05) is 6.92 Å². The smallest absolute Gasteiger partial charge is 0.274 e. The Morgan fingerprint density at radius 2 is 2.04 bits per heavy atom. The van der Waals surface area contributed by atoms with E-state index in [1.54, 1.807) is 4.68 Å². The maximum Gasteiger partial charge on any atom is 0.274 e. The number of benzene rings is 1. The summed E-state index contributed by atoms with van der Waals surface area (Å²) in [6.45, 7) is 5.13. The molecule has 2 aromatic heterocycles. The van der Waals surface area contributed by atoms with Gasteiger partial charge >= 0.3 is 0 Å². The van der Waals surface area contributed by atoms with Crippen LogP contribution < -0.4 is 5.32 Å². The molecule has 1 aliphatic carbocycles. The van der Waals surface area contributed by atoms with Gasteiger partial charge in [0, 0.05) is 31.3 Å². The van der Waals surface area contributed by atoms with Crippen LogP contribution in [0.4, 0.5) is 5.69 Å². The number of carbonyl (C=O) groups is 1. The Balaban J connectivity index is 1.65. The van der Waals surface area contributed by atoms with Crippen molar-refractivity contribution >= 4 is 22.6 Å². The fourth-order valence-electron chi connectivity index (χ4n) is 4.04. The van der Waals surface area contributed by atoms with Crippen molar-refractivity contribution in [1.82, 2.24) is 19.3 Å². The highest BCUT2D eigenvalue weighted by molar-refractivity contribution is 6.05. The minimum Gasteiger partial charge on any atom is -0.328 e. The number of nitrogens with one attached hydrogen (secondary N) is 1. The molecule has 6 heteroatoms. The van der Waals surface area contributed by atoms with E-state index in [0.29, 0.717) is 5.69 Å². The number of rotatable bonds is 4. The molecule has 3 aromatic rings. The van der Waals surface area contributed by atoms with Crippen LogP contribution in [0, 0.1) is 0 Å². The second kappa shape index (κ2) is 6.59. The van der Waals surface area contributed by atoms with E-state index in [4.69, 9.17) is 4.98 Å². The lowest BCUT2D eigenvalue weighted by Gasteiger charge is -2.11. The number of hydrogen-bond acceptors (Lipinski definition) is 3. The maximum absolute atomic E-state index is 12.9. The van der Waals surface area contributed by atoms with Gasteiger partial charge in [-0.15, -0.1) is 0 Å². The number of fused-ring (bicyclic) bond motifs is 2. The van der Waals surface area contributed by atoms with Crippen molar-refractivity contribution in [2.45, 2.75) is 52.5 Å². The van der Waals surface area contributed by atoms with Gasteiger partial charge in [-0.25, -0.2) is 4.98 Å². The second-order valence-electron chi connectivity index (χ2n) is 6.89. The van der Waals surface area contributed by atoms with Crippen molar-refractivity contribution in [2.24, 2.45) is 7.05 Å². The monoisotopic (exact) mass is 351 g/mol. The van der Waals surface area contributed by atoms with E-state index in [2.05, 4.69) is 28.8 Å². The van der Waals surface area contributed by atoms with Crippen molar-refractivity contribution < 1.29 is 4.79 Å². The molecule has 6 nitrogen and oxygen atoms in total. The molecule has 26 heavy (non-hydrogen) atoms. The molecule has 0 bridgehead atoms. The number of amides is 1. The van der Waals surface area contributed by atoms with Crippen molar-refractivity contribution in [3.8, 4) is 0 Å². The molecule has 1 amide bonds. The Hall–Kier alpha value is -2.63. The zero-order valence-corrected chi connectivity index (χ0v) is 15.7. The van der Waals surface area contributed by atoms with E-state index in [0.717, 1.165) is 72.5 Å². The summed E-state index contributed by atoms with van der Waals surface area (Å²) in [6, 6.07) is 5.96. The highest BCUT2D eigenvalue weighted by Gasteiger charge is 2.24. The summed E-state index contributed by atoms with van der Waals surface area (Å²) in [4.78, 5) is 17.6. The molecule has 1 N–H and O–H groups in total. The lowest BCUT2D eigenvalue weighted by Crippen LogP contribution is -2.18. The van der Waals surface area contributed by atoms with Crippen LogP contribution in [0.3, 0.4) is 0 Å². The van der Waals surface area contributed by atoms with Gasteiger partial charge < -0.3 is 9.88 Å². The average molecular weight is 351 g/mol. The van der Waals surface area contributed by atoms with Crippen LogP contribution >= 0.6 is 0 Å². The molecular formula is C20H25N5O. The second-order valence-corrected chi connectivity index (χ2v) is 6.89. The van der Waals surface area contributed by atoms with E-state index in [1.165, 1.54) is 0 Å². The van der Waals surface area contributed by atoms with Crippen molar-refractivity contribution in [3.63, 3.8) is 0 Å². The molecule has 0 atom stereocenters. The van der Waals surface area contributed by atoms with Gasteiger partial charge in [-0.2, -0.15) is 5.10 Å². The highest BCUT2D eigenvalue weighted by atomic mass is 16.2. The van der Waals surface area contributed by atoms with Gasteiger partial charge in [0.25, 0.3) is 5.91 Å². The van der Waals surface area contributed by atoms with Crippen LogP contribution in [-0.2, 0) is 32.9 Å². The summed E-state index contributed by atoms with van der Waals surface area (Å²) in [7, 11) is 1.85. The topological polar surface area (TPSA) is 64.7 Å². The Labute approximate surface area is 153 Å². The SMILES string of the molecule is CCc1nc2cc(NC(=O)c3c4c(nn3C)CCCC4)ccc2n1CC. The maximum atomic E-state index is 12.9. The van der Waals surface area contributed by atoms with Crippen molar-refractivity contribution in [2.75, 3.05) is 5.32 Å². The zero-order chi connectivity index (χ0) is 18.3. The zero-order valence-electron chi connectivity index (χ0n) is 15.7. The number of aromatic nitrogens is 4. The van der Waals surface area contributed by atoms with Crippen LogP contribution in [0.1, 0.15) is 54.3 Å². The first kappa shape index (κ1) is 16.8. The van der Waals surface area contributed by atoms with Gasteiger partial charge in [0.2, 0.25) is 0 Å². The molecule has 0 saturated carbocycles. The standard InChI is InChI=1S/C20H25N5O/c1-4-18-22-16-12-13(10-11-17(16)25(18)5-2)21-20(26)19-14-8-6-7-9-15(14)23-24(19)3/h10-12H,4-9H2,1-3H3,(H,21,26). The fourth-order valence-corrected chi connectivity index (χ4v) is 4.04. The van der Waals surface area contributed by atoms with Gasteiger partial charge in [0.1, 0.15) is 11.5 Å². The van der Waals surface area contributed by atoms with Crippen LogP contribution in [-0.4, -0.2) is 25.2 Å². The molecule has 0 unspecified atom stereocenters. The first-order chi connectivity index (χ1) is 12.6. The Morgan fingerprint density at radius 3 is 2.81 bits per heavy atom. The molecular weight excluding hydrogens is 326 g/mol. The molecule has 0 saturated heterocycles. The lowest BCUT2D eigenvalue weighted by atomic mass is 9.95. The molecule has 1 aromatic carbocycles. The van der Waals surface area contributed by atoms with Gasteiger partial charge in [0.15, 0.2) is 0 Å². The highest BCUT2D eigenvalue weighted by Crippen LogP contribution is 2.25. The lowest BCUT2D eigenvalue weighted by molar-refractivity contribution is 0.101. The van der Waals surface area contributed by atoms with Crippen LogP contribution in [0.15, 0.2) is 18.2 Å². The fraction of sp³-hybridized carbons (Fsp3) is 0.450. The largest absolute Gasteiger partial charge is 0.328 e. The Morgan fingerprint density at radius 1 is 1.23 bits per heavy atom. The summed E-state index contributed by atoms with van der Waals surface area (Å²) in [5, 5.41) is 7.58. The third-order valence-corrected chi connectivity index (χ3v) is 5.25. The molecule has 0 fully saturated rings. The molecule has 136 valence electrons. The first-order valence-electron chi connectivity index (χ1n) is 9.47. The third kappa shape index (κ3) is 2.69. The summed E-state index contributed by atoms with van der Waals surface area (Å²) in [6.07, 6.45) is 5.08. The molecule has 0 aliphatic heterocycles. The van der Waals surface area contributed by atoms with Gasteiger partial charge in [0.05, 0.1) is 16.7 Å². The number of carbonyl (C=O) groups excluding carboxylic acids is 1. The predicted molar refractivity (Wildman–Crippen MR) is 103 cm³/mol. The average Bonchev–Trinajstić information content (AvgIpc) is 3.17. The quantitative estimate of drug-likeness (QED) is 0.782. The van der Waals surface area contributed by atoms with Gasteiger partial charge in [-0.05, 0) is 50.8 Å². The molecule has 2 heterocycles. The summed E-state index contributed by atoms with van der Waals surface area (Å²) < 4.78 is 3.95. The molecule has 1 aliphatic rings. The van der Waals surface area contributed by atoms with E-state index in [1.807, 2.05) is 25.2 Å². The summed E-state index contributed by atoms with van der Waals surface area (Å²) in [5.74, 6) is 0.986. The summed E-state index contributed by atoms with van der Waals surface area (Å²) >= 11 is 0. The van der Waals surface area contributed by atoms with E-state index < -0.39 is 0 Å². The third-order valence-electron chi connectivity index (χ3n) is 5.25. The Kier molecular flexibility index (Phi) is 4.26. The van der Waals surface area contributed by atoms with Crippen LogP contribution in [0.5, 0.6) is 0 Å². The number of nitrogens with zero attached hydrogens (tertiary/aromatic N) is 4. The minimum atomic E-state index is -0.0897. The number of aryl methyl sites for hydroxylation is 4. The normalized spacial score (nSPS) is 13.8. The number of anilines is 1. The minimum absolute atomic E-state index is 0.0897. The van der Waals surface area contributed by atoms with E-state index in [-0.39, 0.29) is 5.91 Å². The summed E-state index contributed by atoms with van der Waals surface area (Å²) in [5.41, 5.74) is 5.69. The number of imidazole rings is 1. The molecule has 4 rings (SSSR count).